The van der Waals surface area contributed by atoms with Crippen molar-refractivity contribution in [1.82, 2.24) is 0 Å². The second-order valence-electron chi connectivity index (χ2n) is 3.06. The van der Waals surface area contributed by atoms with Gasteiger partial charge >= 0.3 is 0 Å². The lowest BCUT2D eigenvalue weighted by molar-refractivity contribution is -0.890. The fourth-order valence-corrected chi connectivity index (χ4v) is 0.750. The minimum atomic E-state index is 0. The van der Waals surface area contributed by atoms with Gasteiger partial charge in [0.1, 0.15) is 6.54 Å². The van der Waals surface area contributed by atoms with Crippen LogP contribution in [0.2, 0.25) is 0 Å². The van der Waals surface area contributed by atoms with Crippen LogP contribution in [-0.4, -0.2) is 43.4 Å². The Balaban J connectivity index is 0. The first-order valence-corrected chi connectivity index (χ1v) is 3.49. The molecule has 0 aromatic carbocycles. The molecule has 0 spiro atoms. The van der Waals surface area contributed by atoms with Crippen LogP contribution in [0.4, 0.5) is 0 Å². The lowest BCUT2D eigenvalue weighted by atomic mass is 10.3. The molecule has 2 nitrogen and oxygen atoms in total. The topological polar surface area (TPSA) is 20.2 Å². The molecular formula is C8H16BrNO. The highest BCUT2D eigenvalue weighted by molar-refractivity contribution is 4.82. The van der Waals surface area contributed by atoms with E-state index in [1.165, 1.54) is 0 Å². The molecule has 0 unspecified atom stereocenters. The van der Waals surface area contributed by atoms with Gasteiger partial charge in [-0.3, -0.25) is 0 Å². The number of hydrogen-bond donors (Lipinski definition) is 1. The van der Waals surface area contributed by atoms with Crippen LogP contribution in [-0.2, 0) is 0 Å². The van der Waals surface area contributed by atoms with Gasteiger partial charge in [0.15, 0.2) is 0 Å². The van der Waals surface area contributed by atoms with Crippen molar-refractivity contribution in [3.05, 3.63) is 0 Å². The quantitative estimate of drug-likeness (QED) is 0.399. The first kappa shape index (κ1) is 13.5. The maximum atomic E-state index is 8.63. The molecule has 11 heavy (non-hydrogen) atoms. The second-order valence-corrected chi connectivity index (χ2v) is 3.06. The summed E-state index contributed by atoms with van der Waals surface area (Å²) >= 11 is 0. The fraction of sp³-hybridized carbons (Fsp3) is 0.750. The van der Waals surface area contributed by atoms with E-state index in [0.717, 1.165) is 24.0 Å². The molecule has 0 bridgehead atoms. The van der Waals surface area contributed by atoms with E-state index in [0.29, 0.717) is 0 Å². The van der Waals surface area contributed by atoms with Gasteiger partial charge in [-0.2, -0.15) is 0 Å². The molecule has 0 aliphatic carbocycles. The Morgan fingerprint density at radius 1 is 1.36 bits per heavy atom. The summed E-state index contributed by atoms with van der Waals surface area (Å²) in [6.45, 7) is 1.95. The van der Waals surface area contributed by atoms with Gasteiger partial charge in [0.2, 0.25) is 0 Å². The van der Waals surface area contributed by atoms with Gasteiger partial charge in [0.05, 0.1) is 33.7 Å². The van der Waals surface area contributed by atoms with Crippen molar-refractivity contribution in [3.63, 3.8) is 0 Å². The van der Waals surface area contributed by atoms with Gasteiger partial charge in [-0.15, -0.1) is 12.3 Å². The zero-order chi connectivity index (χ0) is 8.04. The van der Waals surface area contributed by atoms with Gasteiger partial charge < -0.3 is 26.6 Å². The molecule has 0 saturated heterocycles. The maximum Gasteiger partial charge on any atom is 0.102 e. The number of aliphatic hydroxyl groups is 1. The smallest absolute Gasteiger partial charge is 0.102 e. The van der Waals surface area contributed by atoms with Crippen molar-refractivity contribution in [2.75, 3.05) is 33.8 Å². The molecular weight excluding hydrogens is 206 g/mol. The van der Waals surface area contributed by atoms with Crippen LogP contribution >= 0.6 is 0 Å². The predicted molar refractivity (Wildman–Crippen MR) is 42.4 cm³/mol. The highest BCUT2D eigenvalue weighted by Crippen LogP contribution is 1.96. The minimum Gasteiger partial charge on any atom is -1.00 e. The first-order chi connectivity index (χ1) is 4.62. The zero-order valence-electron chi connectivity index (χ0n) is 7.18. The predicted octanol–water partition coefficient (Wildman–Crippen LogP) is -2.92. The summed E-state index contributed by atoms with van der Waals surface area (Å²) in [4.78, 5) is 0. The van der Waals surface area contributed by atoms with Gasteiger partial charge in [-0.05, 0) is 0 Å². The standard InChI is InChI=1S/C8H16NO.BrH/c1-4-5-6-9(2,3)7-8-10;/h1,10H,5-8H2,2-3H3;1H/q+1;/p-1. The number of nitrogens with zero attached hydrogens (tertiary/aromatic N) is 1. The van der Waals surface area contributed by atoms with Crippen LogP contribution < -0.4 is 17.0 Å². The van der Waals surface area contributed by atoms with E-state index in [1.54, 1.807) is 0 Å². The van der Waals surface area contributed by atoms with Crippen molar-refractivity contribution < 1.29 is 26.6 Å². The maximum absolute atomic E-state index is 8.63. The number of aliphatic hydroxyl groups excluding tert-OH is 1. The molecule has 0 rings (SSSR count). The van der Waals surface area contributed by atoms with E-state index in [2.05, 4.69) is 20.0 Å². The Morgan fingerprint density at radius 3 is 2.27 bits per heavy atom. The van der Waals surface area contributed by atoms with E-state index in [9.17, 15) is 0 Å². The molecule has 0 aromatic rings. The van der Waals surface area contributed by atoms with Gasteiger partial charge in [0.25, 0.3) is 0 Å². The molecule has 0 fully saturated rings. The van der Waals surface area contributed by atoms with Crippen molar-refractivity contribution in [3.8, 4) is 12.3 Å². The third-order valence-electron chi connectivity index (χ3n) is 1.57. The summed E-state index contributed by atoms with van der Waals surface area (Å²) in [6, 6.07) is 0. The van der Waals surface area contributed by atoms with Crippen molar-refractivity contribution in [1.29, 1.82) is 0 Å². The SMILES string of the molecule is C#CCC[N+](C)(C)CCO.[Br-]. The summed E-state index contributed by atoms with van der Waals surface area (Å²) in [6.07, 6.45) is 5.89. The molecule has 0 atom stereocenters. The molecule has 0 heterocycles. The molecule has 0 radical (unpaired) electrons. The summed E-state index contributed by atoms with van der Waals surface area (Å²) in [5.74, 6) is 2.58. The molecule has 66 valence electrons. The summed E-state index contributed by atoms with van der Waals surface area (Å²) < 4.78 is 0.806. The lowest BCUT2D eigenvalue weighted by Crippen LogP contribution is -3.00. The number of rotatable bonds is 4. The number of likely N-dealkylation sites (N-methyl/N-ethyl adjacent to an activating group) is 1. The number of quaternary nitrogens is 1. The third kappa shape index (κ3) is 7.86. The lowest BCUT2D eigenvalue weighted by Gasteiger charge is -2.27. The van der Waals surface area contributed by atoms with Crippen LogP contribution in [0.15, 0.2) is 0 Å². The van der Waals surface area contributed by atoms with Crippen LogP contribution in [0.25, 0.3) is 0 Å². The summed E-state index contributed by atoms with van der Waals surface area (Å²) in [5, 5.41) is 8.63. The minimum absolute atomic E-state index is 0. The Morgan fingerprint density at radius 2 is 1.91 bits per heavy atom. The van der Waals surface area contributed by atoms with E-state index in [1.807, 2.05) is 0 Å². The molecule has 0 aliphatic rings. The van der Waals surface area contributed by atoms with Crippen LogP contribution in [0.1, 0.15) is 6.42 Å². The molecule has 0 aromatic heterocycles. The fourth-order valence-electron chi connectivity index (χ4n) is 0.750. The average molecular weight is 222 g/mol. The zero-order valence-corrected chi connectivity index (χ0v) is 8.76. The average Bonchev–Trinajstić information content (AvgIpc) is 1.84. The molecule has 1 N–H and O–H groups in total. The van der Waals surface area contributed by atoms with E-state index >= 15 is 0 Å². The highest BCUT2D eigenvalue weighted by Gasteiger charge is 2.11. The Bertz CT molecular complexity index is 129. The van der Waals surface area contributed by atoms with Gasteiger partial charge in [-0.25, -0.2) is 0 Å². The van der Waals surface area contributed by atoms with E-state index < -0.39 is 0 Å². The van der Waals surface area contributed by atoms with Crippen LogP contribution in [0, 0.1) is 12.3 Å². The third-order valence-corrected chi connectivity index (χ3v) is 1.57. The van der Waals surface area contributed by atoms with Crippen molar-refractivity contribution in [2.45, 2.75) is 6.42 Å². The van der Waals surface area contributed by atoms with Crippen LogP contribution in [0.5, 0.6) is 0 Å². The van der Waals surface area contributed by atoms with Crippen LogP contribution in [0.3, 0.4) is 0 Å². The Kier molecular flexibility index (Phi) is 8.20. The number of terminal acetylenes is 1. The van der Waals surface area contributed by atoms with E-state index in [4.69, 9.17) is 11.5 Å². The highest BCUT2D eigenvalue weighted by atomic mass is 79.9. The van der Waals surface area contributed by atoms with E-state index in [-0.39, 0.29) is 23.6 Å². The van der Waals surface area contributed by atoms with Gasteiger partial charge in [-0.1, -0.05) is 0 Å². The molecule has 0 aliphatic heterocycles. The van der Waals surface area contributed by atoms with Gasteiger partial charge in [0, 0.05) is 0 Å². The molecule has 3 heteroatoms. The molecule has 0 saturated carbocycles. The Hall–Kier alpha value is -0.0400. The second kappa shape index (κ2) is 6.66. The van der Waals surface area contributed by atoms with Crippen molar-refractivity contribution >= 4 is 0 Å². The monoisotopic (exact) mass is 221 g/mol. The normalized spacial score (nSPS) is 10.0. The summed E-state index contributed by atoms with van der Waals surface area (Å²) in [7, 11) is 4.13. The number of hydrogen-bond acceptors (Lipinski definition) is 1. The summed E-state index contributed by atoms with van der Waals surface area (Å²) in [5.41, 5.74) is 0. The number of halogens is 1. The Labute approximate surface area is 79.6 Å². The first-order valence-electron chi connectivity index (χ1n) is 3.49. The largest absolute Gasteiger partial charge is 1.00 e. The van der Waals surface area contributed by atoms with Crippen molar-refractivity contribution in [2.24, 2.45) is 0 Å². The molecule has 0 amide bonds.